The lowest BCUT2D eigenvalue weighted by Gasteiger charge is -2.01. The van der Waals surface area contributed by atoms with Crippen molar-refractivity contribution in [3.05, 3.63) is 28.8 Å². The van der Waals surface area contributed by atoms with Gasteiger partial charge in [-0.15, -0.1) is 0 Å². The summed E-state index contributed by atoms with van der Waals surface area (Å²) in [6.45, 7) is 0.446. The molecule has 0 bridgehead atoms. The molecule has 0 heterocycles. The molecule has 0 saturated carbocycles. The molecular formula is C8H10ClNO2. The van der Waals surface area contributed by atoms with Gasteiger partial charge in [0.15, 0.2) is 0 Å². The van der Waals surface area contributed by atoms with E-state index in [0.29, 0.717) is 18.1 Å². The topological polar surface area (TPSA) is 55.5 Å². The zero-order valence-corrected chi connectivity index (χ0v) is 7.21. The molecule has 0 aliphatic rings. The second kappa shape index (κ2) is 4.30. The molecule has 0 aromatic heterocycles. The zero-order chi connectivity index (χ0) is 8.97. The normalized spacial score (nSPS) is 10.2. The lowest BCUT2D eigenvalue weighted by atomic mass is 10.1. The molecule has 1 rings (SSSR count). The van der Waals surface area contributed by atoms with Gasteiger partial charge in [-0.1, -0.05) is 17.7 Å². The SMILES string of the molecule is NOCCc1ccc(O)c(Cl)c1. The number of rotatable bonds is 3. The minimum absolute atomic E-state index is 0.0917. The highest BCUT2D eigenvalue weighted by atomic mass is 35.5. The Kier molecular flexibility index (Phi) is 3.34. The van der Waals surface area contributed by atoms with Crippen LogP contribution in [0.3, 0.4) is 0 Å². The third-order valence-corrected chi connectivity index (χ3v) is 1.82. The lowest BCUT2D eigenvalue weighted by Crippen LogP contribution is -2.03. The summed E-state index contributed by atoms with van der Waals surface area (Å²) in [5.41, 5.74) is 0.989. The van der Waals surface area contributed by atoms with Crippen LogP contribution in [-0.4, -0.2) is 11.7 Å². The van der Waals surface area contributed by atoms with E-state index in [1.165, 1.54) is 0 Å². The highest BCUT2D eigenvalue weighted by Crippen LogP contribution is 2.23. The molecule has 4 heteroatoms. The summed E-state index contributed by atoms with van der Waals surface area (Å²) < 4.78 is 0. The average molecular weight is 188 g/mol. The fraction of sp³-hybridized carbons (Fsp3) is 0.250. The van der Waals surface area contributed by atoms with E-state index in [-0.39, 0.29) is 5.75 Å². The summed E-state index contributed by atoms with van der Waals surface area (Å²) in [5, 5.41) is 9.43. The summed E-state index contributed by atoms with van der Waals surface area (Å²) >= 11 is 5.67. The molecule has 12 heavy (non-hydrogen) atoms. The Bertz CT molecular complexity index is 265. The van der Waals surface area contributed by atoms with Gasteiger partial charge in [0.2, 0.25) is 0 Å². The number of halogens is 1. The summed E-state index contributed by atoms with van der Waals surface area (Å²) in [6.07, 6.45) is 0.691. The van der Waals surface area contributed by atoms with E-state index in [1.807, 2.05) is 0 Å². The van der Waals surface area contributed by atoms with Gasteiger partial charge in [-0.05, 0) is 24.1 Å². The van der Waals surface area contributed by atoms with Crippen LogP contribution in [0.1, 0.15) is 5.56 Å². The van der Waals surface area contributed by atoms with Crippen molar-refractivity contribution in [1.29, 1.82) is 0 Å². The van der Waals surface area contributed by atoms with Gasteiger partial charge in [0.25, 0.3) is 0 Å². The number of hydrogen-bond acceptors (Lipinski definition) is 3. The fourth-order valence-electron chi connectivity index (χ4n) is 0.883. The Hall–Kier alpha value is -0.770. The van der Waals surface area contributed by atoms with Gasteiger partial charge in [-0.2, -0.15) is 0 Å². The van der Waals surface area contributed by atoms with Gasteiger partial charge in [0.1, 0.15) is 5.75 Å². The molecule has 1 aromatic rings. The van der Waals surface area contributed by atoms with Crippen molar-refractivity contribution in [1.82, 2.24) is 0 Å². The summed E-state index contributed by atoms with van der Waals surface area (Å²) in [5.74, 6) is 4.95. The molecule has 0 saturated heterocycles. The fourth-order valence-corrected chi connectivity index (χ4v) is 1.09. The minimum atomic E-state index is 0.0917. The standard InChI is InChI=1S/C8H10ClNO2/c9-7-5-6(3-4-12-10)1-2-8(7)11/h1-2,5,11H,3-4,10H2. The predicted octanol–water partition coefficient (Wildman–Crippen LogP) is 1.48. The largest absolute Gasteiger partial charge is 0.506 e. The molecule has 0 fully saturated rings. The van der Waals surface area contributed by atoms with Gasteiger partial charge in [-0.25, -0.2) is 5.90 Å². The van der Waals surface area contributed by atoms with Crippen molar-refractivity contribution in [2.45, 2.75) is 6.42 Å². The Morgan fingerprint density at radius 1 is 1.50 bits per heavy atom. The Balaban J connectivity index is 2.69. The van der Waals surface area contributed by atoms with E-state index in [1.54, 1.807) is 18.2 Å². The predicted molar refractivity (Wildman–Crippen MR) is 47.0 cm³/mol. The number of hydrogen-bond donors (Lipinski definition) is 2. The molecule has 0 atom stereocenters. The highest BCUT2D eigenvalue weighted by Gasteiger charge is 1.99. The van der Waals surface area contributed by atoms with Crippen LogP contribution in [0.4, 0.5) is 0 Å². The van der Waals surface area contributed by atoms with Crippen molar-refractivity contribution in [2.24, 2.45) is 5.90 Å². The Labute approximate surface area is 75.7 Å². The Morgan fingerprint density at radius 2 is 2.25 bits per heavy atom. The van der Waals surface area contributed by atoms with Gasteiger partial charge in [-0.3, -0.25) is 0 Å². The van der Waals surface area contributed by atoms with Crippen LogP contribution < -0.4 is 5.90 Å². The first-order valence-electron chi connectivity index (χ1n) is 3.53. The first kappa shape index (κ1) is 9.32. The number of phenols is 1. The second-order valence-corrected chi connectivity index (χ2v) is 2.81. The molecule has 1 aromatic carbocycles. The van der Waals surface area contributed by atoms with E-state index in [4.69, 9.17) is 22.6 Å². The van der Waals surface area contributed by atoms with E-state index in [9.17, 15) is 0 Å². The molecule has 3 nitrogen and oxygen atoms in total. The molecule has 66 valence electrons. The van der Waals surface area contributed by atoms with E-state index >= 15 is 0 Å². The molecule has 0 unspecified atom stereocenters. The number of phenolic OH excluding ortho intramolecular Hbond substituents is 1. The van der Waals surface area contributed by atoms with Crippen LogP contribution in [0.5, 0.6) is 5.75 Å². The van der Waals surface area contributed by atoms with Crippen LogP contribution in [0, 0.1) is 0 Å². The molecule has 0 amide bonds. The molecule has 3 N–H and O–H groups in total. The van der Waals surface area contributed by atoms with Crippen molar-refractivity contribution in [3.63, 3.8) is 0 Å². The van der Waals surface area contributed by atoms with Crippen LogP contribution in [0.25, 0.3) is 0 Å². The molecule has 0 aliphatic carbocycles. The number of benzene rings is 1. The average Bonchev–Trinajstić information content (AvgIpc) is 2.07. The summed E-state index contributed by atoms with van der Waals surface area (Å²) in [6, 6.07) is 5.02. The monoisotopic (exact) mass is 187 g/mol. The lowest BCUT2D eigenvalue weighted by molar-refractivity contribution is 0.141. The first-order chi connectivity index (χ1) is 5.74. The maximum Gasteiger partial charge on any atom is 0.134 e. The molecule has 0 radical (unpaired) electrons. The van der Waals surface area contributed by atoms with Crippen molar-refractivity contribution >= 4 is 11.6 Å². The van der Waals surface area contributed by atoms with Gasteiger partial charge < -0.3 is 9.94 Å². The van der Waals surface area contributed by atoms with Crippen LogP contribution >= 0.6 is 11.6 Å². The van der Waals surface area contributed by atoms with Crippen LogP contribution in [0.15, 0.2) is 18.2 Å². The molecule has 0 spiro atoms. The smallest absolute Gasteiger partial charge is 0.134 e. The highest BCUT2D eigenvalue weighted by molar-refractivity contribution is 6.32. The van der Waals surface area contributed by atoms with Gasteiger partial charge in [0, 0.05) is 0 Å². The van der Waals surface area contributed by atoms with Crippen molar-refractivity contribution in [2.75, 3.05) is 6.61 Å². The Morgan fingerprint density at radius 3 is 2.83 bits per heavy atom. The van der Waals surface area contributed by atoms with E-state index in [2.05, 4.69) is 4.84 Å². The minimum Gasteiger partial charge on any atom is -0.506 e. The van der Waals surface area contributed by atoms with E-state index in [0.717, 1.165) is 5.56 Å². The maximum atomic E-state index is 9.08. The summed E-state index contributed by atoms with van der Waals surface area (Å²) in [4.78, 5) is 4.41. The molecular weight excluding hydrogens is 178 g/mol. The number of nitrogens with two attached hydrogens (primary N) is 1. The summed E-state index contributed by atoms with van der Waals surface area (Å²) in [7, 11) is 0. The first-order valence-corrected chi connectivity index (χ1v) is 3.91. The van der Waals surface area contributed by atoms with E-state index < -0.39 is 0 Å². The van der Waals surface area contributed by atoms with Gasteiger partial charge in [0.05, 0.1) is 11.6 Å². The molecule has 0 aliphatic heterocycles. The maximum absolute atomic E-state index is 9.08. The third-order valence-electron chi connectivity index (χ3n) is 1.52. The van der Waals surface area contributed by atoms with Crippen LogP contribution in [0.2, 0.25) is 5.02 Å². The third kappa shape index (κ3) is 2.37. The van der Waals surface area contributed by atoms with Crippen molar-refractivity contribution in [3.8, 4) is 5.75 Å². The van der Waals surface area contributed by atoms with Gasteiger partial charge >= 0.3 is 0 Å². The number of aromatic hydroxyl groups is 1. The van der Waals surface area contributed by atoms with Crippen LogP contribution in [-0.2, 0) is 11.3 Å². The zero-order valence-electron chi connectivity index (χ0n) is 6.46. The quantitative estimate of drug-likeness (QED) is 0.705. The van der Waals surface area contributed by atoms with Crippen molar-refractivity contribution < 1.29 is 9.94 Å². The second-order valence-electron chi connectivity index (χ2n) is 2.41.